The van der Waals surface area contributed by atoms with Gasteiger partial charge in [-0.05, 0) is 64.7 Å². The molecule has 2 nitrogen and oxygen atoms in total. The second-order valence-electron chi connectivity index (χ2n) is 7.75. The highest BCUT2D eigenvalue weighted by Crippen LogP contribution is 2.50. The minimum atomic E-state index is -0.656. The monoisotopic (exact) mass is 368 g/mol. The maximum Gasteiger partial charge on any atom is 0.505 e. The van der Waals surface area contributed by atoms with E-state index in [1.807, 2.05) is 11.3 Å². The average Bonchev–Trinajstić information content (AvgIpc) is 3.08. The standard InChI is InChI=1S/C17H25BO2S3/c1-16(2)17(3,4)20-18(19-16)14-10-8-12(21-14)13-9-11-15(22-13)23(5,6)7/h8-11H,1-7H3. The smallest absolute Gasteiger partial charge is 0.399 e. The number of rotatable bonds is 3. The second kappa shape index (κ2) is 5.63. The molecule has 1 aliphatic rings. The van der Waals surface area contributed by atoms with Crippen LogP contribution in [0.1, 0.15) is 27.7 Å². The van der Waals surface area contributed by atoms with Crippen LogP contribution in [0, 0.1) is 0 Å². The predicted molar refractivity (Wildman–Crippen MR) is 107 cm³/mol. The van der Waals surface area contributed by atoms with Crippen molar-refractivity contribution in [3.05, 3.63) is 24.3 Å². The second-order valence-corrected chi connectivity index (χ2v) is 14.3. The molecule has 6 heteroatoms. The van der Waals surface area contributed by atoms with E-state index in [4.69, 9.17) is 9.31 Å². The van der Waals surface area contributed by atoms with E-state index in [0.29, 0.717) is 0 Å². The first-order chi connectivity index (χ1) is 10.5. The molecule has 0 radical (unpaired) electrons. The lowest BCUT2D eigenvalue weighted by molar-refractivity contribution is 0.00578. The topological polar surface area (TPSA) is 18.5 Å². The lowest BCUT2D eigenvalue weighted by Gasteiger charge is -2.32. The summed E-state index contributed by atoms with van der Waals surface area (Å²) in [4.78, 5) is 2.64. The van der Waals surface area contributed by atoms with Crippen molar-refractivity contribution in [2.45, 2.75) is 43.1 Å². The van der Waals surface area contributed by atoms with Gasteiger partial charge in [-0.3, -0.25) is 0 Å². The van der Waals surface area contributed by atoms with Crippen LogP contribution in [0.5, 0.6) is 0 Å². The van der Waals surface area contributed by atoms with Gasteiger partial charge in [0.2, 0.25) is 0 Å². The molecule has 0 atom stereocenters. The zero-order valence-corrected chi connectivity index (χ0v) is 17.4. The Bertz CT molecular complexity index is 693. The van der Waals surface area contributed by atoms with Crippen LogP contribution in [-0.4, -0.2) is 37.1 Å². The Kier molecular flexibility index (Phi) is 4.30. The van der Waals surface area contributed by atoms with Gasteiger partial charge in [0.05, 0.1) is 11.2 Å². The van der Waals surface area contributed by atoms with Gasteiger partial charge in [-0.15, -0.1) is 22.7 Å². The summed E-state index contributed by atoms with van der Waals surface area (Å²) < 4.78 is 15.0. The van der Waals surface area contributed by atoms with Crippen molar-refractivity contribution >= 4 is 44.6 Å². The third-order valence-corrected chi connectivity index (χ3v) is 9.82. The lowest BCUT2D eigenvalue weighted by Crippen LogP contribution is -2.41. The quantitative estimate of drug-likeness (QED) is 0.723. The van der Waals surface area contributed by atoms with Crippen LogP contribution in [0.25, 0.3) is 9.75 Å². The summed E-state index contributed by atoms with van der Waals surface area (Å²) in [6.07, 6.45) is 7.02. The van der Waals surface area contributed by atoms with Crippen molar-refractivity contribution in [3.63, 3.8) is 0 Å². The van der Waals surface area contributed by atoms with Gasteiger partial charge in [0, 0.05) is 18.7 Å². The molecule has 0 N–H and O–H groups in total. The van der Waals surface area contributed by atoms with Crippen molar-refractivity contribution in [1.29, 1.82) is 0 Å². The van der Waals surface area contributed by atoms with Crippen LogP contribution >= 0.6 is 32.7 Å². The van der Waals surface area contributed by atoms with Gasteiger partial charge in [0.25, 0.3) is 0 Å². The Balaban J connectivity index is 1.83. The molecule has 3 rings (SSSR count). The first-order valence-corrected chi connectivity index (χ1v) is 12.2. The molecule has 0 spiro atoms. The molecule has 0 saturated carbocycles. The molecule has 0 aromatic carbocycles. The van der Waals surface area contributed by atoms with Crippen LogP contribution in [0.15, 0.2) is 28.5 Å². The largest absolute Gasteiger partial charge is 0.505 e. The Morgan fingerprint density at radius 3 is 1.87 bits per heavy atom. The van der Waals surface area contributed by atoms with Crippen molar-refractivity contribution < 1.29 is 9.31 Å². The maximum absolute atomic E-state index is 6.15. The molecule has 1 aliphatic heterocycles. The molecule has 23 heavy (non-hydrogen) atoms. The molecule has 2 aromatic heterocycles. The molecule has 0 aliphatic carbocycles. The van der Waals surface area contributed by atoms with E-state index in [1.54, 1.807) is 11.3 Å². The molecule has 0 bridgehead atoms. The van der Waals surface area contributed by atoms with Crippen molar-refractivity contribution in [2.75, 3.05) is 18.8 Å². The minimum absolute atomic E-state index is 0.258. The predicted octanol–water partition coefficient (Wildman–Crippen LogP) is 4.83. The fourth-order valence-electron chi connectivity index (χ4n) is 2.35. The Hall–Kier alpha value is -0.265. The lowest BCUT2D eigenvalue weighted by atomic mass is 9.88. The summed E-state index contributed by atoms with van der Waals surface area (Å²) in [6, 6.07) is 8.87. The summed E-state index contributed by atoms with van der Waals surface area (Å²) in [5, 5.41) is 0. The summed E-state index contributed by atoms with van der Waals surface area (Å²) in [6.45, 7) is 8.39. The third-order valence-electron chi connectivity index (χ3n) is 4.54. The highest BCUT2D eigenvalue weighted by molar-refractivity contribution is 8.33. The molecule has 1 saturated heterocycles. The number of thiophene rings is 2. The fraction of sp³-hybridized carbons (Fsp3) is 0.529. The number of hydrogen-bond donors (Lipinski definition) is 0. The summed E-state index contributed by atoms with van der Waals surface area (Å²) in [5.41, 5.74) is -0.568. The zero-order chi connectivity index (χ0) is 17.0. The average molecular weight is 368 g/mol. The third kappa shape index (κ3) is 3.29. The van der Waals surface area contributed by atoms with Crippen LogP contribution in [-0.2, 0) is 9.31 Å². The minimum Gasteiger partial charge on any atom is -0.399 e. The maximum atomic E-state index is 6.15. The Morgan fingerprint density at radius 2 is 1.35 bits per heavy atom. The van der Waals surface area contributed by atoms with Gasteiger partial charge in [0.15, 0.2) is 0 Å². The van der Waals surface area contributed by atoms with E-state index in [9.17, 15) is 0 Å². The summed E-state index contributed by atoms with van der Waals surface area (Å²) >= 11 is 3.69. The first kappa shape index (κ1) is 17.6. The van der Waals surface area contributed by atoms with Gasteiger partial charge in [-0.1, -0.05) is 6.07 Å². The Labute approximate surface area is 149 Å². The number of hydrogen-bond acceptors (Lipinski definition) is 4. The first-order valence-electron chi connectivity index (χ1n) is 7.74. The highest BCUT2D eigenvalue weighted by atomic mass is 32.3. The normalized spacial score (nSPS) is 20.9. The highest BCUT2D eigenvalue weighted by Gasteiger charge is 2.52. The SMILES string of the molecule is CC1(C)OB(c2ccc(-c3ccc(S(C)(C)C)s3)s2)OC1(C)C. The van der Waals surface area contributed by atoms with E-state index in [1.165, 1.54) is 14.0 Å². The van der Waals surface area contributed by atoms with Crippen LogP contribution < -0.4 is 4.78 Å². The van der Waals surface area contributed by atoms with Gasteiger partial charge < -0.3 is 9.31 Å². The van der Waals surface area contributed by atoms with Crippen LogP contribution in [0.3, 0.4) is 0 Å². The van der Waals surface area contributed by atoms with E-state index < -0.39 is 10.0 Å². The van der Waals surface area contributed by atoms with Gasteiger partial charge in [0.1, 0.15) is 0 Å². The van der Waals surface area contributed by atoms with E-state index in [2.05, 4.69) is 70.7 Å². The molecule has 0 unspecified atom stereocenters. The van der Waals surface area contributed by atoms with E-state index in [-0.39, 0.29) is 18.3 Å². The van der Waals surface area contributed by atoms with E-state index in [0.717, 1.165) is 4.78 Å². The van der Waals surface area contributed by atoms with Crippen molar-refractivity contribution in [1.82, 2.24) is 0 Å². The molecule has 2 aromatic rings. The summed E-state index contributed by atoms with van der Waals surface area (Å²) in [7, 11) is -0.914. The summed E-state index contributed by atoms with van der Waals surface area (Å²) in [5.74, 6) is 0. The zero-order valence-electron chi connectivity index (χ0n) is 14.9. The van der Waals surface area contributed by atoms with Crippen molar-refractivity contribution in [2.24, 2.45) is 0 Å². The molecular formula is C17H25BO2S3. The van der Waals surface area contributed by atoms with Crippen LogP contribution in [0.4, 0.5) is 0 Å². The molecular weight excluding hydrogens is 343 g/mol. The fourth-order valence-corrected chi connectivity index (χ4v) is 5.89. The Morgan fingerprint density at radius 1 is 0.826 bits per heavy atom. The molecule has 1 fully saturated rings. The van der Waals surface area contributed by atoms with Gasteiger partial charge in [-0.25, -0.2) is 10.0 Å². The molecule has 126 valence electrons. The van der Waals surface area contributed by atoms with E-state index >= 15 is 0 Å². The van der Waals surface area contributed by atoms with Gasteiger partial charge in [-0.2, -0.15) is 0 Å². The van der Waals surface area contributed by atoms with Crippen LogP contribution in [0.2, 0.25) is 0 Å². The van der Waals surface area contributed by atoms with Gasteiger partial charge >= 0.3 is 7.12 Å². The molecule has 0 amide bonds. The molecule has 3 heterocycles. The van der Waals surface area contributed by atoms with Crippen molar-refractivity contribution in [3.8, 4) is 9.75 Å².